The Labute approximate surface area is 467 Å². The predicted molar refractivity (Wildman–Crippen MR) is 329 cm³/mol. The van der Waals surface area contributed by atoms with Crippen LogP contribution in [0.25, 0.3) is 0 Å². The minimum atomic E-state index is -0.803. The molecule has 0 spiro atoms. The van der Waals surface area contributed by atoms with E-state index in [1.807, 2.05) is 0 Å². The zero-order valence-electron chi connectivity index (χ0n) is 49.0. The first kappa shape index (κ1) is 71.3. The molecule has 0 heterocycles. The standard InChI is InChI=1S/C70H112O6/c1-4-7-10-13-16-19-22-24-26-28-30-32-34-35-37-38-40-42-44-46-48-51-54-57-60-63-69(72)75-66-67(65-74-68(71)62-59-56-53-50-21-18-15-12-9-6-3)76-70(73)64-61-58-55-52-49-47-45-43-41-39-36-33-31-29-27-25-23-20-17-14-11-8-5-2/h7-8,10-11,16-17,19-20,24-27,30-33,35,37,39-42,46,48,67H,4-6,9,12-15,18,21-23,28-29,34,36,38,43-45,47,49-66H2,1-3H3/b10-7-,11-8-,19-16-,20-17-,26-24-,27-25-,32-30-,33-31-,37-35-,41-39-,42-40-,48-46-. The molecule has 0 aliphatic rings. The summed E-state index contributed by atoms with van der Waals surface area (Å²) < 4.78 is 16.8. The van der Waals surface area contributed by atoms with Crippen molar-refractivity contribution in [3.8, 4) is 0 Å². The molecule has 0 radical (unpaired) electrons. The molecule has 1 atom stereocenters. The average molecular weight is 1050 g/mol. The normalized spacial score (nSPS) is 13.1. The first-order valence-electron chi connectivity index (χ1n) is 30.8. The Morgan fingerprint density at radius 1 is 0.276 bits per heavy atom. The Hall–Kier alpha value is -4.71. The van der Waals surface area contributed by atoms with E-state index in [9.17, 15) is 14.4 Å². The summed E-state index contributed by atoms with van der Waals surface area (Å²) in [5, 5.41) is 0. The van der Waals surface area contributed by atoms with Crippen LogP contribution >= 0.6 is 0 Å². The lowest BCUT2D eigenvalue weighted by Crippen LogP contribution is -2.30. The first-order chi connectivity index (χ1) is 37.5. The molecular weight excluding hydrogens is 937 g/mol. The van der Waals surface area contributed by atoms with Crippen LogP contribution in [-0.4, -0.2) is 37.2 Å². The number of carbonyl (C=O) groups excluding carboxylic acids is 3. The Morgan fingerprint density at radius 2 is 0.513 bits per heavy atom. The molecule has 0 amide bonds. The van der Waals surface area contributed by atoms with Crippen molar-refractivity contribution >= 4 is 17.9 Å². The van der Waals surface area contributed by atoms with Gasteiger partial charge in [0.25, 0.3) is 0 Å². The SMILES string of the molecule is CC/C=C\C/C=C\C/C=C\C/C=C\C/C=C\C/C=C\C/C=C\CCCCCC(=O)OCC(COC(=O)CCCCCCCCCCCC)OC(=O)CCCCCCCCC/C=C\C/C=C\C/C=C\C/C=C\C/C=C\CC. The lowest BCUT2D eigenvalue weighted by molar-refractivity contribution is -0.167. The third-order valence-corrected chi connectivity index (χ3v) is 12.6. The smallest absolute Gasteiger partial charge is 0.306 e. The van der Waals surface area contributed by atoms with Gasteiger partial charge in [0.2, 0.25) is 0 Å². The lowest BCUT2D eigenvalue weighted by atomic mass is 10.1. The number of carbonyl (C=O) groups is 3. The first-order valence-corrected chi connectivity index (χ1v) is 30.8. The van der Waals surface area contributed by atoms with Gasteiger partial charge in [0, 0.05) is 19.3 Å². The molecule has 0 fully saturated rings. The van der Waals surface area contributed by atoms with Crippen molar-refractivity contribution in [3.05, 3.63) is 146 Å². The molecule has 0 bridgehead atoms. The Morgan fingerprint density at radius 3 is 0.816 bits per heavy atom. The van der Waals surface area contributed by atoms with Gasteiger partial charge in [-0.15, -0.1) is 0 Å². The Balaban J connectivity index is 4.40. The molecule has 0 rings (SSSR count). The van der Waals surface area contributed by atoms with Crippen molar-refractivity contribution in [3.63, 3.8) is 0 Å². The summed E-state index contributed by atoms with van der Waals surface area (Å²) in [6.45, 7) is 6.36. The van der Waals surface area contributed by atoms with Gasteiger partial charge < -0.3 is 14.2 Å². The van der Waals surface area contributed by atoms with Gasteiger partial charge in [0.1, 0.15) is 13.2 Å². The van der Waals surface area contributed by atoms with Crippen LogP contribution in [0, 0.1) is 0 Å². The van der Waals surface area contributed by atoms with E-state index in [1.54, 1.807) is 0 Å². The van der Waals surface area contributed by atoms with Crippen LogP contribution in [0.3, 0.4) is 0 Å². The Bertz CT molecular complexity index is 1680. The summed E-state index contributed by atoms with van der Waals surface area (Å²) in [7, 11) is 0. The highest BCUT2D eigenvalue weighted by molar-refractivity contribution is 5.71. The van der Waals surface area contributed by atoms with Crippen LogP contribution in [0.1, 0.15) is 258 Å². The molecule has 6 heteroatoms. The van der Waals surface area contributed by atoms with Gasteiger partial charge in [-0.25, -0.2) is 0 Å². The van der Waals surface area contributed by atoms with Crippen molar-refractivity contribution in [2.75, 3.05) is 13.2 Å². The van der Waals surface area contributed by atoms with E-state index < -0.39 is 6.10 Å². The van der Waals surface area contributed by atoms with Gasteiger partial charge >= 0.3 is 17.9 Å². The molecule has 0 aliphatic heterocycles. The zero-order valence-corrected chi connectivity index (χ0v) is 49.0. The van der Waals surface area contributed by atoms with E-state index in [1.165, 1.54) is 64.2 Å². The third kappa shape index (κ3) is 60.2. The lowest BCUT2D eigenvalue weighted by Gasteiger charge is -2.18. The summed E-state index contributed by atoms with van der Waals surface area (Å²) in [4.78, 5) is 38.2. The second-order valence-corrected chi connectivity index (χ2v) is 19.9. The van der Waals surface area contributed by atoms with Gasteiger partial charge in [-0.05, 0) is 122 Å². The topological polar surface area (TPSA) is 78.9 Å². The van der Waals surface area contributed by atoms with E-state index in [-0.39, 0.29) is 31.1 Å². The largest absolute Gasteiger partial charge is 0.462 e. The number of allylic oxidation sites excluding steroid dienone is 24. The van der Waals surface area contributed by atoms with Gasteiger partial charge in [-0.1, -0.05) is 263 Å². The average Bonchev–Trinajstić information content (AvgIpc) is 3.42. The fourth-order valence-corrected chi connectivity index (χ4v) is 8.04. The van der Waals surface area contributed by atoms with Crippen molar-refractivity contribution in [2.45, 2.75) is 264 Å². The molecule has 0 aromatic carbocycles. The molecule has 6 nitrogen and oxygen atoms in total. The quantitative estimate of drug-likeness (QED) is 0.0261. The van der Waals surface area contributed by atoms with Gasteiger partial charge in [-0.2, -0.15) is 0 Å². The number of hydrogen-bond acceptors (Lipinski definition) is 6. The maximum absolute atomic E-state index is 12.9. The molecule has 0 N–H and O–H groups in total. The monoisotopic (exact) mass is 1050 g/mol. The van der Waals surface area contributed by atoms with Gasteiger partial charge in [-0.3, -0.25) is 14.4 Å². The number of esters is 3. The van der Waals surface area contributed by atoms with Crippen LogP contribution < -0.4 is 0 Å². The summed E-state index contributed by atoms with van der Waals surface area (Å²) in [5.41, 5.74) is 0. The van der Waals surface area contributed by atoms with Crippen molar-refractivity contribution in [1.29, 1.82) is 0 Å². The molecule has 428 valence electrons. The van der Waals surface area contributed by atoms with Crippen LogP contribution in [-0.2, 0) is 28.6 Å². The van der Waals surface area contributed by atoms with E-state index >= 15 is 0 Å². The molecule has 76 heavy (non-hydrogen) atoms. The molecule has 0 aromatic heterocycles. The summed E-state index contributed by atoms with van der Waals surface area (Å²) in [6.07, 6.45) is 89.9. The highest BCUT2D eigenvalue weighted by Crippen LogP contribution is 2.14. The minimum Gasteiger partial charge on any atom is -0.462 e. The highest BCUT2D eigenvalue weighted by Gasteiger charge is 2.19. The predicted octanol–water partition coefficient (Wildman–Crippen LogP) is 21.2. The molecule has 0 aliphatic carbocycles. The number of unbranched alkanes of at least 4 members (excludes halogenated alkanes) is 19. The van der Waals surface area contributed by atoms with Gasteiger partial charge in [0.05, 0.1) is 0 Å². The van der Waals surface area contributed by atoms with Crippen molar-refractivity contribution < 1.29 is 28.6 Å². The van der Waals surface area contributed by atoms with Crippen LogP contribution in [0.2, 0.25) is 0 Å². The molecule has 0 aromatic rings. The fourth-order valence-electron chi connectivity index (χ4n) is 8.04. The molecular formula is C70H112O6. The summed E-state index contributed by atoms with van der Waals surface area (Å²) in [5.74, 6) is -0.947. The minimum absolute atomic E-state index is 0.0971. The highest BCUT2D eigenvalue weighted by atomic mass is 16.6. The van der Waals surface area contributed by atoms with E-state index in [0.717, 1.165) is 154 Å². The maximum atomic E-state index is 12.9. The second kappa shape index (κ2) is 62.8. The van der Waals surface area contributed by atoms with Crippen LogP contribution in [0.5, 0.6) is 0 Å². The van der Waals surface area contributed by atoms with E-state index in [2.05, 4.69) is 167 Å². The number of rotatable bonds is 54. The van der Waals surface area contributed by atoms with Crippen molar-refractivity contribution in [1.82, 2.24) is 0 Å². The molecule has 0 saturated heterocycles. The zero-order chi connectivity index (χ0) is 55.0. The fraction of sp³-hybridized carbons (Fsp3) is 0.614. The summed E-state index contributed by atoms with van der Waals surface area (Å²) >= 11 is 0. The number of ether oxygens (including phenoxy) is 3. The summed E-state index contributed by atoms with van der Waals surface area (Å²) in [6, 6.07) is 0. The van der Waals surface area contributed by atoms with E-state index in [0.29, 0.717) is 19.3 Å². The third-order valence-electron chi connectivity index (χ3n) is 12.6. The maximum Gasteiger partial charge on any atom is 0.306 e. The van der Waals surface area contributed by atoms with E-state index in [4.69, 9.17) is 14.2 Å². The molecule has 0 saturated carbocycles. The number of hydrogen-bond donors (Lipinski definition) is 0. The molecule has 1 unspecified atom stereocenters. The van der Waals surface area contributed by atoms with Gasteiger partial charge in [0.15, 0.2) is 6.10 Å². The van der Waals surface area contributed by atoms with Crippen molar-refractivity contribution in [2.24, 2.45) is 0 Å². The second-order valence-electron chi connectivity index (χ2n) is 19.9. The van der Waals surface area contributed by atoms with Crippen LogP contribution in [0.15, 0.2) is 146 Å². The van der Waals surface area contributed by atoms with Crippen LogP contribution in [0.4, 0.5) is 0 Å². The Kier molecular flexibility index (Phi) is 58.9.